The summed E-state index contributed by atoms with van der Waals surface area (Å²) in [5.41, 5.74) is 4.09. The van der Waals surface area contributed by atoms with Gasteiger partial charge in [-0.05, 0) is 36.2 Å². The van der Waals surface area contributed by atoms with Crippen LogP contribution in [0.2, 0.25) is 0 Å². The number of carbonyl (C=O) groups excluding carboxylic acids is 2. The molecule has 1 heterocycles. The summed E-state index contributed by atoms with van der Waals surface area (Å²) >= 11 is 0. The molecule has 2 amide bonds. The van der Waals surface area contributed by atoms with Crippen molar-refractivity contribution < 1.29 is 9.59 Å². The van der Waals surface area contributed by atoms with Crippen LogP contribution in [-0.2, 0) is 17.8 Å². The summed E-state index contributed by atoms with van der Waals surface area (Å²) in [6, 6.07) is 17.2. The predicted octanol–water partition coefficient (Wildman–Crippen LogP) is 3.96. The summed E-state index contributed by atoms with van der Waals surface area (Å²) in [6.07, 6.45) is 2.31. The van der Waals surface area contributed by atoms with E-state index in [1.54, 1.807) is 10.9 Å². The molecule has 0 saturated carbocycles. The topological polar surface area (TPSA) is 76.0 Å². The third-order valence-corrected chi connectivity index (χ3v) is 4.65. The van der Waals surface area contributed by atoms with Crippen LogP contribution in [0.3, 0.4) is 0 Å². The van der Waals surface area contributed by atoms with E-state index in [0.29, 0.717) is 18.5 Å². The highest BCUT2D eigenvalue weighted by molar-refractivity contribution is 5.95. The van der Waals surface area contributed by atoms with Gasteiger partial charge in [0.2, 0.25) is 5.91 Å². The lowest BCUT2D eigenvalue weighted by Crippen LogP contribution is -2.24. The van der Waals surface area contributed by atoms with E-state index in [2.05, 4.69) is 15.7 Å². The third-order valence-electron chi connectivity index (χ3n) is 4.65. The molecule has 0 radical (unpaired) electrons. The Labute approximate surface area is 170 Å². The lowest BCUT2D eigenvalue weighted by Gasteiger charge is -2.10. The van der Waals surface area contributed by atoms with Crippen LogP contribution >= 0.6 is 0 Å². The maximum atomic E-state index is 12.7. The quantitative estimate of drug-likeness (QED) is 0.641. The average molecular weight is 390 g/mol. The van der Waals surface area contributed by atoms with Crippen LogP contribution < -0.4 is 10.6 Å². The predicted molar refractivity (Wildman–Crippen MR) is 114 cm³/mol. The number of anilines is 1. The molecule has 150 valence electrons. The zero-order valence-electron chi connectivity index (χ0n) is 17.0. The van der Waals surface area contributed by atoms with Crippen molar-refractivity contribution in [3.63, 3.8) is 0 Å². The van der Waals surface area contributed by atoms with Gasteiger partial charge < -0.3 is 10.6 Å². The summed E-state index contributed by atoms with van der Waals surface area (Å²) in [7, 11) is 0. The highest BCUT2D eigenvalue weighted by atomic mass is 16.2. The van der Waals surface area contributed by atoms with E-state index in [1.807, 2.05) is 75.4 Å². The summed E-state index contributed by atoms with van der Waals surface area (Å²) < 4.78 is 1.81. The first kappa shape index (κ1) is 20.3. The number of para-hydroxylation sites is 1. The van der Waals surface area contributed by atoms with Gasteiger partial charge in [0.15, 0.2) is 0 Å². The molecule has 0 saturated heterocycles. The number of benzene rings is 2. The molecule has 6 heteroatoms. The van der Waals surface area contributed by atoms with Crippen LogP contribution in [0.25, 0.3) is 5.69 Å². The van der Waals surface area contributed by atoms with Gasteiger partial charge in [0.05, 0.1) is 23.1 Å². The average Bonchev–Trinajstić information content (AvgIpc) is 3.17. The second kappa shape index (κ2) is 9.19. The Kier molecular flexibility index (Phi) is 6.44. The maximum Gasteiger partial charge on any atom is 0.255 e. The molecule has 3 rings (SSSR count). The number of nitrogens with zero attached hydrogens (tertiary/aromatic N) is 2. The maximum absolute atomic E-state index is 12.7. The van der Waals surface area contributed by atoms with E-state index < -0.39 is 0 Å². The van der Waals surface area contributed by atoms with Gasteiger partial charge in [0, 0.05) is 18.2 Å². The van der Waals surface area contributed by atoms with Gasteiger partial charge in [-0.3, -0.25) is 9.59 Å². The van der Waals surface area contributed by atoms with E-state index in [9.17, 15) is 9.59 Å². The van der Waals surface area contributed by atoms with Crippen LogP contribution in [0, 0.1) is 5.92 Å². The van der Waals surface area contributed by atoms with Crippen LogP contribution in [0.15, 0.2) is 60.8 Å². The molecule has 0 unspecified atom stereocenters. The van der Waals surface area contributed by atoms with E-state index >= 15 is 0 Å². The first-order chi connectivity index (χ1) is 14.0. The standard InChI is InChI=1S/C23H26N4O2/c1-4-21-20(15-25-27(21)19-8-6-5-7-9-19)23(29)24-14-17-10-12-18(13-11-17)26-22(28)16(2)3/h5-13,15-16H,4,14H2,1-3H3,(H,24,29)(H,26,28). The monoisotopic (exact) mass is 390 g/mol. The fourth-order valence-corrected chi connectivity index (χ4v) is 2.97. The SMILES string of the molecule is CCc1c(C(=O)NCc2ccc(NC(=O)C(C)C)cc2)cnn1-c1ccccc1. The van der Waals surface area contributed by atoms with Crippen LogP contribution in [0.5, 0.6) is 0 Å². The Morgan fingerprint density at radius 1 is 1.03 bits per heavy atom. The molecule has 29 heavy (non-hydrogen) atoms. The zero-order valence-corrected chi connectivity index (χ0v) is 17.0. The molecule has 0 aliphatic carbocycles. The molecule has 0 atom stereocenters. The lowest BCUT2D eigenvalue weighted by molar-refractivity contribution is -0.118. The molecular weight excluding hydrogens is 364 g/mol. The molecule has 2 aromatic carbocycles. The molecule has 6 nitrogen and oxygen atoms in total. The van der Waals surface area contributed by atoms with Crippen molar-refractivity contribution in [2.24, 2.45) is 5.92 Å². The van der Waals surface area contributed by atoms with Crippen molar-refractivity contribution in [2.45, 2.75) is 33.7 Å². The second-order valence-corrected chi connectivity index (χ2v) is 7.13. The highest BCUT2D eigenvalue weighted by Gasteiger charge is 2.17. The summed E-state index contributed by atoms with van der Waals surface area (Å²) in [6.45, 7) is 6.11. The molecule has 0 bridgehead atoms. The van der Waals surface area contributed by atoms with Crippen molar-refractivity contribution >= 4 is 17.5 Å². The number of hydrogen-bond acceptors (Lipinski definition) is 3. The Morgan fingerprint density at radius 2 is 1.72 bits per heavy atom. The fourth-order valence-electron chi connectivity index (χ4n) is 2.97. The molecule has 1 aromatic heterocycles. The van der Waals surface area contributed by atoms with Gasteiger partial charge >= 0.3 is 0 Å². The molecular formula is C23H26N4O2. The number of amides is 2. The van der Waals surface area contributed by atoms with E-state index in [1.165, 1.54) is 0 Å². The van der Waals surface area contributed by atoms with Crippen LogP contribution in [-0.4, -0.2) is 21.6 Å². The van der Waals surface area contributed by atoms with Crippen molar-refractivity contribution in [3.8, 4) is 5.69 Å². The largest absolute Gasteiger partial charge is 0.348 e. The third kappa shape index (κ3) is 4.90. The summed E-state index contributed by atoms with van der Waals surface area (Å²) in [5.74, 6) is -0.242. The number of nitrogens with one attached hydrogen (secondary N) is 2. The minimum atomic E-state index is -0.152. The van der Waals surface area contributed by atoms with Crippen molar-refractivity contribution in [1.82, 2.24) is 15.1 Å². The summed E-state index contributed by atoms with van der Waals surface area (Å²) in [5, 5.41) is 10.2. The Hall–Kier alpha value is -3.41. The fraction of sp³-hybridized carbons (Fsp3) is 0.261. The molecule has 3 aromatic rings. The second-order valence-electron chi connectivity index (χ2n) is 7.13. The molecule has 0 aliphatic rings. The van der Waals surface area contributed by atoms with Crippen molar-refractivity contribution in [1.29, 1.82) is 0 Å². The summed E-state index contributed by atoms with van der Waals surface area (Å²) in [4.78, 5) is 24.5. The Balaban J connectivity index is 1.65. The van der Waals surface area contributed by atoms with Gasteiger partial charge in [-0.1, -0.05) is 51.1 Å². The first-order valence-electron chi connectivity index (χ1n) is 9.80. The van der Waals surface area contributed by atoms with Gasteiger partial charge in [-0.25, -0.2) is 4.68 Å². The van der Waals surface area contributed by atoms with Gasteiger partial charge in [0.1, 0.15) is 0 Å². The lowest BCUT2D eigenvalue weighted by atomic mass is 10.1. The molecule has 2 N–H and O–H groups in total. The van der Waals surface area contributed by atoms with Gasteiger partial charge in [-0.2, -0.15) is 5.10 Å². The normalized spacial score (nSPS) is 10.8. The van der Waals surface area contributed by atoms with Crippen molar-refractivity contribution in [3.05, 3.63) is 77.6 Å². The first-order valence-corrected chi connectivity index (χ1v) is 9.80. The van der Waals surface area contributed by atoms with E-state index in [4.69, 9.17) is 0 Å². The van der Waals surface area contributed by atoms with E-state index in [0.717, 1.165) is 22.6 Å². The molecule has 0 fully saturated rings. The van der Waals surface area contributed by atoms with E-state index in [-0.39, 0.29) is 17.7 Å². The number of carbonyl (C=O) groups is 2. The van der Waals surface area contributed by atoms with Crippen molar-refractivity contribution in [2.75, 3.05) is 5.32 Å². The Bertz CT molecular complexity index is 976. The van der Waals surface area contributed by atoms with Gasteiger partial charge in [-0.15, -0.1) is 0 Å². The Morgan fingerprint density at radius 3 is 2.34 bits per heavy atom. The number of rotatable bonds is 7. The molecule has 0 spiro atoms. The number of hydrogen-bond donors (Lipinski definition) is 2. The smallest absolute Gasteiger partial charge is 0.255 e. The minimum Gasteiger partial charge on any atom is -0.348 e. The van der Waals surface area contributed by atoms with Gasteiger partial charge in [0.25, 0.3) is 5.91 Å². The highest BCUT2D eigenvalue weighted by Crippen LogP contribution is 2.16. The zero-order chi connectivity index (χ0) is 20.8. The minimum absolute atomic E-state index is 0.0198. The van der Waals surface area contributed by atoms with Crippen LogP contribution in [0.1, 0.15) is 42.4 Å². The number of aromatic nitrogens is 2. The van der Waals surface area contributed by atoms with Crippen LogP contribution in [0.4, 0.5) is 5.69 Å². The molecule has 0 aliphatic heterocycles.